The van der Waals surface area contributed by atoms with Crippen molar-refractivity contribution in [3.05, 3.63) is 105 Å². The Balaban J connectivity index is 1.50. The van der Waals surface area contributed by atoms with Crippen LogP contribution < -0.4 is 5.32 Å². The molecule has 0 spiro atoms. The smallest absolute Gasteiger partial charge is 0.269 e. The molecule has 2 heterocycles. The molecule has 0 bridgehead atoms. The van der Waals surface area contributed by atoms with Crippen LogP contribution in [-0.2, 0) is 13.0 Å². The Morgan fingerprint density at radius 1 is 1.10 bits per heavy atom. The molecule has 1 atom stereocenters. The van der Waals surface area contributed by atoms with Crippen molar-refractivity contribution in [2.24, 2.45) is 0 Å². The minimum absolute atomic E-state index is 0.0194. The third-order valence-electron chi connectivity index (χ3n) is 5.47. The minimum Gasteiger partial charge on any atom is -0.350 e. The summed E-state index contributed by atoms with van der Waals surface area (Å²) in [5, 5.41) is 13.8. The van der Waals surface area contributed by atoms with Crippen molar-refractivity contribution >= 4 is 11.6 Å². The van der Waals surface area contributed by atoms with Gasteiger partial charge in [-0.05, 0) is 41.3 Å². The molecule has 7 heteroatoms. The number of non-ortho nitro benzene ring substituents is 1. The van der Waals surface area contributed by atoms with Crippen molar-refractivity contribution in [3.8, 4) is 0 Å². The Morgan fingerprint density at radius 2 is 1.87 bits per heavy atom. The Labute approximate surface area is 174 Å². The number of amides is 1. The second kappa shape index (κ2) is 8.84. The number of hydrogen-bond acceptors (Lipinski definition) is 5. The number of carbonyl (C=O) groups is 1. The van der Waals surface area contributed by atoms with Gasteiger partial charge < -0.3 is 5.32 Å². The van der Waals surface area contributed by atoms with E-state index in [1.165, 1.54) is 35.4 Å². The predicted molar refractivity (Wildman–Crippen MR) is 113 cm³/mol. The summed E-state index contributed by atoms with van der Waals surface area (Å²) in [5.74, 6) is -0.254. The van der Waals surface area contributed by atoms with Crippen LogP contribution in [0.15, 0.2) is 73.1 Å². The van der Waals surface area contributed by atoms with E-state index in [-0.39, 0.29) is 17.6 Å². The molecule has 3 aromatic rings. The molecule has 0 fully saturated rings. The van der Waals surface area contributed by atoms with Crippen LogP contribution >= 0.6 is 0 Å². The third kappa shape index (κ3) is 4.36. The normalized spacial score (nSPS) is 14.5. The molecule has 30 heavy (non-hydrogen) atoms. The van der Waals surface area contributed by atoms with E-state index in [2.05, 4.69) is 39.5 Å². The summed E-state index contributed by atoms with van der Waals surface area (Å²) in [4.78, 5) is 29.6. The van der Waals surface area contributed by atoms with Crippen LogP contribution in [-0.4, -0.2) is 33.8 Å². The van der Waals surface area contributed by atoms with Gasteiger partial charge in [0.2, 0.25) is 0 Å². The van der Waals surface area contributed by atoms with Crippen molar-refractivity contribution in [1.82, 2.24) is 15.2 Å². The van der Waals surface area contributed by atoms with Crippen LogP contribution in [0.25, 0.3) is 0 Å². The molecule has 152 valence electrons. The van der Waals surface area contributed by atoms with Crippen molar-refractivity contribution in [3.63, 3.8) is 0 Å². The maximum atomic E-state index is 12.6. The van der Waals surface area contributed by atoms with Crippen LogP contribution in [0.5, 0.6) is 0 Å². The summed E-state index contributed by atoms with van der Waals surface area (Å²) >= 11 is 0. The van der Waals surface area contributed by atoms with E-state index < -0.39 is 4.92 Å². The SMILES string of the molecule is O=C(NC[C@H](c1cccnc1)N1CCc2ccccc2C1)c1ccc([N+](=O)[O-])cc1. The topological polar surface area (TPSA) is 88.4 Å². The van der Waals surface area contributed by atoms with Gasteiger partial charge in [-0.2, -0.15) is 0 Å². The molecule has 0 saturated carbocycles. The zero-order valence-corrected chi connectivity index (χ0v) is 16.4. The lowest BCUT2D eigenvalue weighted by Crippen LogP contribution is -2.40. The molecule has 1 N–H and O–H groups in total. The maximum absolute atomic E-state index is 12.6. The first-order chi connectivity index (χ1) is 14.6. The summed E-state index contributed by atoms with van der Waals surface area (Å²) < 4.78 is 0. The summed E-state index contributed by atoms with van der Waals surface area (Å²) in [6.07, 6.45) is 4.54. The summed E-state index contributed by atoms with van der Waals surface area (Å²) in [6.45, 7) is 2.12. The molecular formula is C23H22N4O3. The molecule has 0 radical (unpaired) electrons. The van der Waals surface area contributed by atoms with Crippen molar-refractivity contribution in [2.75, 3.05) is 13.1 Å². The summed E-state index contributed by atoms with van der Waals surface area (Å²) in [5.41, 5.74) is 4.08. The van der Waals surface area contributed by atoms with E-state index >= 15 is 0 Å². The van der Waals surface area contributed by atoms with Gasteiger partial charge in [0.1, 0.15) is 0 Å². The van der Waals surface area contributed by atoms with Crippen LogP contribution in [0.2, 0.25) is 0 Å². The number of nitrogens with zero attached hydrogens (tertiary/aromatic N) is 3. The maximum Gasteiger partial charge on any atom is 0.269 e. The molecule has 1 amide bonds. The van der Waals surface area contributed by atoms with Gasteiger partial charge in [0.15, 0.2) is 0 Å². The highest BCUT2D eigenvalue weighted by Crippen LogP contribution is 2.27. The fourth-order valence-corrected chi connectivity index (χ4v) is 3.84. The molecule has 0 unspecified atom stereocenters. The van der Waals surface area contributed by atoms with Crippen molar-refractivity contribution in [2.45, 2.75) is 19.0 Å². The molecule has 0 saturated heterocycles. The Morgan fingerprint density at radius 3 is 2.57 bits per heavy atom. The average Bonchev–Trinajstić information content (AvgIpc) is 2.79. The molecule has 7 nitrogen and oxygen atoms in total. The number of hydrogen-bond donors (Lipinski definition) is 1. The van der Waals surface area contributed by atoms with Crippen molar-refractivity contribution in [1.29, 1.82) is 0 Å². The van der Waals surface area contributed by atoms with E-state index in [9.17, 15) is 14.9 Å². The van der Waals surface area contributed by atoms with Crippen molar-refractivity contribution < 1.29 is 9.72 Å². The first kappa shape index (κ1) is 19.7. The molecule has 4 rings (SSSR count). The van der Waals surface area contributed by atoms with E-state index in [1.54, 1.807) is 6.20 Å². The van der Waals surface area contributed by atoms with Gasteiger partial charge in [0.05, 0.1) is 11.0 Å². The number of nitro groups is 1. The molecule has 1 aromatic heterocycles. The number of rotatable bonds is 6. The van der Waals surface area contributed by atoms with Gasteiger partial charge in [-0.25, -0.2) is 0 Å². The van der Waals surface area contributed by atoms with E-state index in [1.807, 2.05) is 18.3 Å². The summed E-state index contributed by atoms with van der Waals surface area (Å²) in [7, 11) is 0. The Bertz CT molecular complexity index is 1040. The lowest BCUT2D eigenvalue weighted by atomic mass is 9.97. The van der Waals surface area contributed by atoms with Crippen LogP contribution in [0.3, 0.4) is 0 Å². The fraction of sp³-hybridized carbons (Fsp3) is 0.217. The molecule has 2 aromatic carbocycles. The lowest BCUT2D eigenvalue weighted by molar-refractivity contribution is -0.384. The van der Waals surface area contributed by atoms with Crippen LogP contribution in [0.1, 0.15) is 33.1 Å². The number of pyridine rings is 1. The monoisotopic (exact) mass is 402 g/mol. The average molecular weight is 402 g/mol. The largest absolute Gasteiger partial charge is 0.350 e. The predicted octanol–water partition coefficient (Wildman–Crippen LogP) is 3.52. The zero-order valence-electron chi connectivity index (χ0n) is 16.4. The standard InChI is InChI=1S/C23H22N4O3/c28-23(18-7-9-21(10-8-18)27(29)30)25-15-22(19-6-3-12-24-14-19)26-13-11-17-4-1-2-5-20(17)16-26/h1-10,12,14,22H,11,13,15-16H2,(H,25,28)/t22-/m1/s1. The summed E-state index contributed by atoms with van der Waals surface area (Å²) in [6, 6.07) is 18.0. The minimum atomic E-state index is -0.478. The number of fused-ring (bicyclic) bond motifs is 1. The quantitative estimate of drug-likeness (QED) is 0.503. The molecule has 1 aliphatic heterocycles. The van der Waals surface area contributed by atoms with Gasteiger partial charge >= 0.3 is 0 Å². The van der Waals surface area contributed by atoms with Gasteiger partial charge in [-0.15, -0.1) is 0 Å². The second-order valence-corrected chi connectivity index (χ2v) is 7.31. The highest BCUT2D eigenvalue weighted by molar-refractivity contribution is 5.94. The number of benzene rings is 2. The van der Waals surface area contributed by atoms with E-state index in [0.717, 1.165) is 25.1 Å². The van der Waals surface area contributed by atoms with Gasteiger partial charge in [-0.1, -0.05) is 30.3 Å². The number of nitrogens with one attached hydrogen (secondary N) is 1. The number of aromatic nitrogens is 1. The first-order valence-electron chi connectivity index (χ1n) is 9.85. The van der Waals surface area contributed by atoms with Crippen LogP contribution in [0.4, 0.5) is 5.69 Å². The van der Waals surface area contributed by atoms with Gasteiger partial charge in [0.25, 0.3) is 11.6 Å². The number of nitro benzene ring substituents is 1. The van der Waals surface area contributed by atoms with Gasteiger partial charge in [-0.3, -0.25) is 24.8 Å². The highest BCUT2D eigenvalue weighted by Gasteiger charge is 2.25. The molecular weight excluding hydrogens is 380 g/mol. The first-order valence-corrected chi connectivity index (χ1v) is 9.85. The number of carbonyl (C=O) groups excluding carboxylic acids is 1. The zero-order chi connectivity index (χ0) is 20.9. The molecule has 1 aliphatic rings. The van der Waals surface area contributed by atoms with E-state index in [0.29, 0.717) is 12.1 Å². The Kier molecular flexibility index (Phi) is 5.81. The highest BCUT2D eigenvalue weighted by atomic mass is 16.6. The third-order valence-corrected chi connectivity index (χ3v) is 5.47. The van der Waals surface area contributed by atoms with Gasteiger partial charge in [0, 0.05) is 49.7 Å². The lowest BCUT2D eigenvalue weighted by Gasteiger charge is -2.36. The fourth-order valence-electron chi connectivity index (χ4n) is 3.84. The second-order valence-electron chi connectivity index (χ2n) is 7.31. The Hall–Kier alpha value is -3.58. The van der Waals surface area contributed by atoms with Crippen LogP contribution in [0, 0.1) is 10.1 Å². The van der Waals surface area contributed by atoms with E-state index in [4.69, 9.17) is 0 Å². The molecule has 0 aliphatic carbocycles.